The van der Waals surface area contributed by atoms with Crippen molar-refractivity contribution in [3.8, 4) is 0 Å². The molecule has 0 radical (unpaired) electrons. The van der Waals surface area contributed by atoms with E-state index in [1.807, 2.05) is 0 Å². The average Bonchev–Trinajstić information content (AvgIpc) is 2.69. The van der Waals surface area contributed by atoms with Gasteiger partial charge in [-0.25, -0.2) is 0 Å². The molecule has 0 amide bonds. The van der Waals surface area contributed by atoms with Crippen LogP contribution in [0.3, 0.4) is 0 Å². The molecule has 0 aromatic heterocycles. The number of nitrogens with zero attached hydrogens (tertiary/aromatic N) is 2. The molecule has 0 aromatic rings. The van der Waals surface area contributed by atoms with E-state index in [0.29, 0.717) is 38.9 Å². The molecule has 8 nitrogen and oxygen atoms in total. The van der Waals surface area contributed by atoms with Crippen LogP contribution < -0.4 is 0 Å². The van der Waals surface area contributed by atoms with Gasteiger partial charge in [0.1, 0.15) is 12.2 Å². The van der Waals surface area contributed by atoms with Crippen molar-refractivity contribution in [2.24, 2.45) is 0 Å². The van der Waals surface area contributed by atoms with E-state index in [9.17, 15) is 9.59 Å². The van der Waals surface area contributed by atoms with E-state index in [2.05, 4.69) is 79.4 Å². The van der Waals surface area contributed by atoms with Crippen LogP contribution in [0.4, 0.5) is 0 Å². The van der Waals surface area contributed by atoms with Gasteiger partial charge in [0.2, 0.25) is 0 Å². The summed E-state index contributed by atoms with van der Waals surface area (Å²) in [6.07, 6.45) is 4.23. The Bertz CT molecular complexity index is 650. The summed E-state index contributed by atoms with van der Waals surface area (Å²) in [7, 11) is 0. The van der Waals surface area contributed by atoms with Crippen LogP contribution in [-0.2, 0) is 28.7 Å². The summed E-state index contributed by atoms with van der Waals surface area (Å²) in [4.78, 5) is 37.4. The minimum atomic E-state index is -0.352. The number of carbonyl (C=O) groups excluding carboxylic acids is 2. The second-order valence-electron chi connectivity index (χ2n) is 13.0. The second-order valence-corrected chi connectivity index (χ2v) is 13.0. The Kier molecular flexibility index (Phi) is 10.4. The largest absolute Gasteiger partial charge is 0.462 e. The van der Waals surface area contributed by atoms with Gasteiger partial charge in [-0.05, 0) is 68.2 Å². The van der Waals surface area contributed by atoms with Gasteiger partial charge in [0.05, 0.1) is 26.1 Å². The topological polar surface area (TPSA) is 77.5 Å². The number of hydrogen-bond donors (Lipinski definition) is 0. The Morgan fingerprint density at radius 2 is 0.889 bits per heavy atom. The van der Waals surface area contributed by atoms with Crippen LogP contribution in [0.5, 0.6) is 0 Å². The molecular formula is C28H52N2O6. The summed E-state index contributed by atoms with van der Waals surface area (Å²) in [6, 6.07) is 0. The van der Waals surface area contributed by atoms with E-state index in [1.54, 1.807) is 0 Å². The van der Waals surface area contributed by atoms with Crippen LogP contribution >= 0.6 is 0 Å². The maximum atomic E-state index is 12.6. The van der Waals surface area contributed by atoms with Crippen molar-refractivity contribution in [3.05, 3.63) is 0 Å². The van der Waals surface area contributed by atoms with E-state index in [4.69, 9.17) is 19.1 Å². The van der Waals surface area contributed by atoms with Gasteiger partial charge in [-0.1, -0.05) is 13.8 Å². The molecule has 2 fully saturated rings. The van der Waals surface area contributed by atoms with Gasteiger partial charge in [-0.15, -0.1) is 0 Å². The molecule has 8 heteroatoms. The molecule has 0 unspecified atom stereocenters. The Balaban J connectivity index is 1.86. The highest BCUT2D eigenvalue weighted by atomic mass is 16.7. The number of ether oxygens (including phenoxy) is 2. The summed E-state index contributed by atoms with van der Waals surface area (Å²) < 4.78 is 11.6. The van der Waals surface area contributed by atoms with Crippen LogP contribution in [-0.4, -0.2) is 69.6 Å². The fourth-order valence-electron chi connectivity index (χ4n) is 6.27. The zero-order valence-corrected chi connectivity index (χ0v) is 24.6. The minimum absolute atomic E-state index is 0.0253. The van der Waals surface area contributed by atoms with Crippen molar-refractivity contribution in [2.75, 3.05) is 13.2 Å². The number of piperidine rings is 2. The van der Waals surface area contributed by atoms with Crippen molar-refractivity contribution < 1.29 is 28.7 Å². The predicted octanol–water partition coefficient (Wildman–Crippen LogP) is 5.58. The van der Waals surface area contributed by atoms with Crippen LogP contribution in [0.1, 0.15) is 121 Å². The third-order valence-corrected chi connectivity index (χ3v) is 7.09. The number of esters is 2. The second kappa shape index (κ2) is 12.1. The molecule has 0 aromatic carbocycles. The highest BCUT2D eigenvalue weighted by molar-refractivity contribution is 5.77. The third-order valence-electron chi connectivity index (χ3n) is 7.09. The van der Waals surface area contributed by atoms with Gasteiger partial charge < -0.3 is 9.47 Å². The smallest absolute Gasteiger partial charge is 0.306 e. The Morgan fingerprint density at radius 3 is 1.14 bits per heavy atom. The molecule has 36 heavy (non-hydrogen) atoms. The number of carbonyl (C=O) groups is 2. The maximum absolute atomic E-state index is 12.6. The minimum Gasteiger partial charge on any atom is -0.462 e. The normalized spacial score (nSPS) is 24.4. The van der Waals surface area contributed by atoms with Gasteiger partial charge in [0, 0.05) is 47.8 Å². The lowest BCUT2D eigenvalue weighted by molar-refractivity contribution is -0.293. The lowest BCUT2D eigenvalue weighted by Gasteiger charge is -2.53. The summed E-state index contributed by atoms with van der Waals surface area (Å²) in [5.74, 6) is -0.704. The summed E-state index contributed by atoms with van der Waals surface area (Å²) >= 11 is 0. The van der Waals surface area contributed by atoms with Gasteiger partial charge in [-0.2, -0.15) is 10.1 Å². The monoisotopic (exact) mass is 512 g/mol. The fourth-order valence-corrected chi connectivity index (χ4v) is 6.27. The number of hydrogen-bond acceptors (Lipinski definition) is 8. The van der Waals surface area contributed by atoms with E-state index >= 15 is 0 Å². The van der Waals surface area contributed by atoms with Crippen LogP contribution in [0.15, 0.2) is 0 Å². The molecule has 2 aliphatic rings. The molecule has 2 rings (SSSR count). The van der Waals surface area contributed by atoms with Crippen molar-refractivity contribution in [3.63, 3.8) is 0 Å². The first kappa shape index (κ1) is 31.0. The first-order valence-electron chi connectivity index (χ1n) is 13.8. The maximum Gasteiger partial charge on any atom is 0.306 e. The lowest BCUT2D eigenvalue weighted by atomic mass is 9.80. The van der Waals surface area contributed by atoms with Crippen LogP contribution in [0, 0.1) is 0 Å². The summed E-state index contributed by atoms with van der Waals surface area (Å²) in [5.41, 5.74) is -1.07. The van der Waals surface area contributed by atoms with E-state index < -0.39 is 0 Å². The fraction of sp³-hybridized carbons (Fsp3) is 0.929. The van der Waals surface area contributed by atoms with E-state index in [-0.39, 0.29) is 59.1 Å². The molecule has 0 aliphatic carbocycles. The van der Waals surface area contributed by atoms with E-state index in [0.717, 1.165) is 12.8 Å². The zero-order valence-electron chi connectivity index (χ0n) is 24.6. The quantitative estimate of drug-likeness (QED) is 0.332. The molecule has 0 saturated carbocycles. The van der Waals surface area contributed by atoms with Crippen molar-refractivity contribution in [2.45, 2.75) is 155 Å². The molecule has 2 heterocycles. The first-order chi connectivity index (χ1) is 16.5. The highest BCUT2D eigenvalue weighted by Crippen LogP contribution is 2.41. The summed E-state index contributed by atoms with van der Waals surface area (Å²) in [5, 5.41) is 4.12. The van der Waals surface area contributed by atoms with Gasteiger partial charge in [-0.3, -0.25) is 19.3 Å². The van der Waals surface area contributed by atoms with Crippen LogP contribution in [0.2, 0.25) is 0 Å². The number of rotatable bonds is 11. The SMILES string of the molecule is CCCON1C(C)(C)CC(OC(=O)CCC(=O)OC2CC(C)(C)N(OCCC)C(C)(C)C2)CC1(C)C. The van der Waals surface area contributed by atoms with Gasteiger partial charge in [0.25, 0.3) is 0 Å². The van der Waals surface area contributed by atoms with Crippen LogP contribution in [0.25, 0.3) is 0 Å². The van der Waals surface area contributed by atoms with Crippen molar-refractivity contribution >= 4 is 11.9 Å². The van der Waals surface area contributed by atoms with Crippen molar-refractivity contribution in [1.82, 2.24) is 10.1 Å². The molecule has 0 atom stereocenters. The molecule has 210 valence electrons. The zero-order chi connectivity index (χ0) is 27.4. The van der Waals surface area contributed by atoms with Crippen molar-refractivity contribution in [1.29, 1.82) is 0 Å². The molecule has 2 aliphatic heterocycles. The Labute approximate surface area is 219 Å². The lowest BCUT2D eigenvalue weighted by Crippen LogP contribution is -2.62. The van der Waals surface area contributed by atoms with Gasteiger partial charge in [0.15, 0.2) is 0 Å². The molecule has 0 spiro atoms. The predicted molar refractivity (Wildman–Crippen MR) is 140 cm³/mol. The highest BCUT2D eigenvalue weighted by Gasteiger charge is 2.49. The third kappa shape index (κ3) is 8.14. The first-order valence-corrected chi connectivity index (χ1v) is 13.8. The molecule has 0 bridgehead atoms. The number of hydroxylamine groups is 4. The molecule has 0 N–H and O–H groups in total. The Morgan fingerprint density at radius 1 is 0.611 bits per heavy atom. The Hall–Kier alpha value is -1.22. The molecular weight excluding hydrogens is 460 g/mol. The average molecular weight is 513 g/mol. The standard InChI is InChI=1S/C28H52N2O6/c1-11-15-33-29-25(3,4)17-21(18-26(29,5)6)35-23(31)13-14-24(32)36-22-19-27(7,8)30(34-16-12-2)28(9,10)20-22/h21-22H,11-20H2,1-10H3. The van der Waals surface area contributed by atoms with E-state index in [1.165, 1.54) is 0 Å². The molecule has 2 saturated heterocycles. The van der Waals surface area contributed by atoms with Gasteiger partial charge >= 0.3 is 11.9 Å². The summed E-state index contributed by atoms with van der Waals surface area (Å²) in [6.45, 7) is 22.4.